The van der Waals surface area contributed by atoms with E-state index in [4.69, 9.17) is 10.00 Å². The number of aromatic nitrogens is 1. The number of rotatable bonds is 6. The molecule has 3 heterocycles. The molecule has 2 aromatic rings. The Morgan fingerprint density at radius 3 is 2.86 bits per heavy atom. The van der Waals surface area contributed by atoms with E-state index in [2.05, 4.69) is 52.5 Å². The standard InChI is InChI=1S/C26H28N4O3S2/c1-16-10-20(21-13-19(14-25(32)29-21)30-6-8-33-9-7-30)26-24(11-16)34-23-12-17(2-3-22(23)35-26)28-18(15-31)4-5-27/h2-3,11-14,16,18,28,31H,4,6-10,15H2,1H3,(H,29,32). The fourth-order valence-electron chi connectivity index (χ4n) is 4.57. The van der Waals surface area contributed by atoms with Crippen molar-refractivity contribution in [3.63, 3.8) is 0 Å². The van der Waals surface area contributed by atoms with E-state index < -0.39 is 0 Å². The average Bonchev–Trinajstić information content (AvgIpc) is 2.87. The molecule has 0 saturated carbocycles. The Bertz CT molecular complexity index is 1270. The van der Waals surface area contributed by atoms with Gasteiger partial charge in [0.2, 0.25) is 5.56 Å². The maximum absolute atomic E-state index is 12.6. The van der Waals surface area contributed by atoms with Crippen molar-refractivity contribution >= 4 is 40.5 Å². The van der Waals surface area contributed by atoms with Crippen LogP contribution in [0.4, 0.5) is 11.4 Å². The average molecular weight is 509 g/mol. The fourth-order valence-corrected chi connectivity index (χ4v) is 7.18. The Morgan fingerprint density at radius 2 is 2.09 bits per heavy atom. The zero-order chi connectivity index (χ0) is 24.4. The second kappa shape index (κ2) is 10.5. The predicted molar refractivity (Wildman–Crippen MR) is 142 cm³/mol. The van der Waals surface area contributed by atoms with E-state index in [1.54, 1.807) is 29.6 Å². The Hall–Kier alpha value is -2.64. The molecule has 1 saturated heterocycles. The van der Waals surface area contributed by atoms with Crippen LogP contribution in [0.25, 0.3) is 5.57 Å². The van der Waals surface area contributed by atoms with Gasteiger partial charge in [-0.25, -0.2) is 0 Å². The number of allylic oxidation sites excluding steroid dienone is 2. The molecule has 0 radical (unpaired) electrons. The molecule has 3 aliphatic rings. The van der Waals surface area contributed by atoms with Crippen LogP contribution in [-0.4, -0.2) is 49.0 Å². The molecule has 2 unspecified atom stereocenters. The zero-order valence-electron chi connectivity index (χ0n) is 19.5. The number of hydrogen-bond donors (Lipinski definition) is 3. The number of aromatic amines is 1. The van der Waals surface area contributed by atoms with Crippen LogP contribution in [0, 0.1) is 17.2 Å². The van der Waals surface area contributed by atoms with E-state index in [-0.39, 0.29) is 24.6 Å². The quantitative estimate of drug-likeness (QED) is 0.527. The summed E-state index contributed by atoms with van der Waals surface area (Å²) in [5.41, 5.74) is 3.84. The Kier molecular flexibility index (Phi) is 7.25. The number of aliphatic hydroxyl groups excluding tert-OH is 1. The van der Waals surface area contributed by atoms with Gasteiger partial charge in [0, 0.05) is 55.8 Å². The van der Waals surface area contributed by atoms with Gasteiger partial charge in [-0.1, -0.05) is 36.5 Å². The lowest BCUT2D eigenvalue weighted by atomic mass is 9.93. The lowest BCUT2D eigenvalue weighted by Gasteiger charge is -2.31. The SMILES string of the molecule is CC1C=C2Sc3cc(NC(CO)CC#N)ccc3SC2=C(c2cc(N3CCOCC3)cc(=O)[nH]2)C1. The monoisotopic (exact) mass is 508 g/mol. The van der Waals surface area contributed by atoms with Gasteiger partial charge in [-0.2, -0.15) is 5.26 Å². The van der Waals surface area contributed by atoms with Crippen molar-refractivity contribution in [2.45, 2.75) is 35.6 Å². The molecule has 1 aromatic heterocycles. The number of morpholine rings is 1. The van der Waals surface area contributed by atoms with Crippen molar-refractivity contribution in [2.75, 3.05) is 43.1 Å². The third kappa shape index (κ3) is 5.31. The molecule has 1 aliphatic carbocycles. The van der Waals surface area contributed by atoms with Gasteiger partial charge in [-0.3, -0.25) is 4.79 Å². The van der Waals surface area contributed by atoms with E-state index in [9.17, 15) is 9.90 Å². The van der Waals surface area contributed by atoms with Gasteiger partial charge in [-0.15, -0.1) is 0 Å². The lowest BCUT2D eigenvalue weighted by Crippen LogP contribution is -2.36. The Balaban J connectivity index is 1.48. The highest BCUT2D eigenvalue weighted by atomic mass is 32.2. The minimum absolute atomic E-state index is 0.0822. The zero-order valence-corrected chi connectivity index (χ0v) is 21.2. The predicted octanol–water partition coefficient (Wildman–Crippen LogP) is 4.43. The summed E-state index contributed by atoms with van der Waals surface area (Å²) in [4.78, 5) is 22.7. The number of aliphatic hydroxyl groups is 1. The van der Waals surface area contributed by atoms with Gasteiger partial charge in [-0.05, 0) is 42.2 Å². The van der Waals surface area contributed by atoms with Crippen LogP contribution in [0.2, 0.25) is 0 Å². The van der Waals surface area contributed by atoms with E-state index in [0.717, 1.165) is 46.4 Å². The van der Waals surface area contributed by atoms with E-state index in [1.165, 1.54) is 15.4 Å². The number of H-pyrrole nitrogens is 1. The van der Waals surface area contributed by atoms with Crippen LogP contribution in [0.15, 0.2) is 60.8 Å². The number of anilines is 2. The summed E-state index contributed by atoms with van der Waals surface area (Å²) < 4.78 is 5.48. The molecule has 1 aromatic carbocycles. The maximum Gasteiger partial charge on any atom is 0.250 e. The molecule has 1 fully saturated rings. The summed E-state index contributed by atoms with van der Waals surface area (Å²) in [5.74, 6) is 0.352. The molecule has 9 heteroatoms. The molecular weight excluding hydrogens is 480 g/mol. The van der Waals surface area contributed by atoms with E-state index in [1.807, 2.05) is 6.07 Å². The Labute approximate surface area is 213 Å². The van der Waals surface area contributed by atoms with Gasteiger partial charge in [0.1, 0.15) is 0 Å². The number of nitrogens with one attached hydrogen (secondary N) is 2. The first-order valence-electron chi connectivity index (χ1n) is 11.8. The van der Waals surface area contributed by atoms with E-state index >= 15 is 0 Å². The molecule has 182 valence electrons. The molecule has 35 heavy (non-hydrogen) atoms. The largest absolute Gasteiger partial charge is 0.394 e. The maximum atomic E-state index is 12.6. The Morgan fingerprint density at radius 1 is 1.26 bits per heavy atom. The van der Waals surface area contributed by atoms with E-state index in [0.29, 0.717) is 19.1 Å². The first kappa shape index (κ1) is 24.1. The fraction of sp³-hybridized carbons (Fsp3) is 0.385. The summed E-state index contributed by atoms with van der Waals surface area (Å²) >= 11 is 3.48. The lowest BCUT2D eigenvalue weighted by molar-refractivity contribution is 0.122. The molecular formula is C26H28N4O3S2. The van der Waals surface area contributed by atoms with Crippen molar-refractivity contribution in [1.82, 2.24) is 4.98 Å². The van der Waals surface area contributed by atoms with Crippen molar-refractivity contribution in [3.8, 4) is 6.07 Å². The van der Waals surface area contributed by atoms with Crippen molar-refractivity contribution < 1.29 is 9.84 Å². The molecule has 0 bridgehead atoms. The summed E-state index contributed by atoms with van der Waals surface area (Å²) in [6, 6.07) is 11.8. The first-order chi connectivity index (χ1) is 17.0. The number of ether oxygens (including phenoxy) is 1. The van der Waals surface area contributed by atoms with Gasteiger partial charge >= 0.3 is 0 Å². The number of nitriles is 1. The van der Waals surface area contributed by atoms with Crippen molar-refractivity contribution in [1.29, 1.82) is 5.26 Å². The minimum Gasteiger partial charge on any atom is -0.394 e. The number of thioether (sulfide) groups is 2. The second-order valence-corrected chi connectivity index (χ2v) is 11.1. The van der Waals surface area contributed by atoms with Gasteiger partial charge in [0.15, 0.2) is 0 Å². The highest BCUT2D eigenvalue weighted by Crippen LogP contribution is 2.55. The van der Waals surface area contributed by atoms with Gasteiger partial charge in [0.25, 0.3) is 0 Å². The van der Waals surface area contributed by atoms with Crippen molar-refractivity contribution in [3.05, 3.63) is 62.3 Å². The van der Waals surface area contributed by atoms with Gasteiger partial charge < -0.3 is 25.0 Å². The molecule has 0 spiro atoms. The number of hydrogen-bond acceptors (Lipinski definition) is 8. The van der Waals surface area contributed by atoms with Crippen LogP contribution in [0.3, 0.4) is 0 Å². The summed E-state index contributed by atoms with van der Waals surface area (Å²) in [5, 5.41) is 21.8. The normalized spacial score (nSPS) is 20.4. The highest BCUT2D eigenvalue weighted by Gasteiger charge is 2.29. The molecule has 2 atom stereocenters. The second-order valence-electron chi connectivity index (χ2n) is 8.99. The molecule has 5 rings (SSSR count). The third-order valence-corrected chi connectivity index (χ3v) is 8.92. The first-order valence-corrected chi connectivity index (χ1v) is 13.4. The number of nitrogens with zero attached hydrogens (tertiary/aromatic N) is 2. The molecule has 2 aliphatic heterocycles. The minimum atomic E-state index is -0.286. The number of benzene rings is 1. The van der Waals surface area contributed by atoms with Crippen LogP contribution < -0.4 is 15.8 Å². The number of fused-ring (bicyclic) bond motifs is 2. The highest BCUT2D eigenvalue weighted by molar-refractivity contribution is 8.11. The topological polar surface area (TPSA) is 101 Å². The van der Waals surface area contributed by atoms with Crippen LogP contribution in [0.5, 0.6) is 0 Å². The summed E-state index contributed by atoms with van der Waals surface area (Å²) in [6.45, 7) is 5.05. The summed E-state index contributed by atoms with van der Waals surface area (Å²) in [6.07, 6.45) is 3.43. The number of pyridine rings is 1. The summed E-state index contributed by atoms with van der Waals surface area (Å²) in [7, 11) is 0. The molecule has 3 N–H and O–H groups in total. The molecule has 7 nitrogen and oxygen atoms in total. The molecule has 0 amide bonds. The van der Waals surface area contributed by atoms with Crippen LogP contribution >= 0.6 is 23.5 Å². The smallest absolute Gasteiger partial charge is 0.250 e. The van der Waals surface area contributed by atoms with Crippen LogP contribution in [-0.2, 0) is 4.74 Å². The van der Waals surface area contributed by atoms with Crippen molar-refractivity contribution in [2.24, 2.45) is 5.92 Å². The van der Waals surface area contributed by atoms with Gasteiger partial charge in [0.05, 0.1) is 38.4 Å². The van der Waals surface area contributed by atoms with Crippen LogP contribution in [0.1, 0.15) is 25.5 Å². The third-order valence-electron chi connectivity index (χ3n) is 6.29.